The van der Waals surface area contributed by atoms with Crippen molar-refractivity contribution < 1.29 is 4.74 Å². The number of hydrogen-bond acceptors (Lipinski definition) is 2. The second-order valence-corrected chi connectivity index (χ2v) is 8.63. The van der Waals surface area contributed by atoms with Crippen LogP contribution in [-0.4, -0.2) is 36.6 Å². The number of hydrogen-bond donors (Lipinski definition) is 0. The molecule has 0 saturated heterocycles. The molecule has 2 nitrogen and oxygen atoms in total. The van der Waals surface area contributed by atoms with Crippen molar-refractivity contribution in [2.75, 3.05) is 31.7 Å². The van der Waals surface area contributed by atoms with Crippen LogP contribution in [0.5, 0.6) is 5.75 Å². The highest BCUT2D eigenvalue weighted by molar-refractivity contribution is 14.1. The molecule has 0 radical (unpaired) electrons. The molecule has 30 heavy (non-hydrogen) atoms. The van der Waals surface area contributed by atoms with Crippen LogP contribution in [0.3, 0.4) is 0 Å². The molecule has 3 aromatic rings. The summed E-state index contributed by atoms with van der Waals surface area (Å²) in [5.74, 6) is 1.34. The third-order valence-electron chi connectivity index (χ3n) is 5.09. The Hall–Kier alpha value is -2.11. The lowest BCUT2D eigenvalue weighted by molar-refractivity contribution is 0.261. The Bertz CT molecular complexity index is 934. The molecule has 0 saturated carbocycles. The van der Waals surface area contributed by atoms with E-state index in [9.17, 15) is 0 Å². The first kappa shape index (κ1) is 22.6. The number of halogens is 1. The van der Waals surface area contributed by atoms with Crippen molar-refractivity contribution in [3.05, 3.63) is 102 Å². The van der Waals surface area contributed by atoms with Gasteiger partial charge in [-0.15, -0.1) is 0 Å². The number of benzene rings is 3. The molecule has 0 spiro atoms. The highest BCUT2D eigenvalue weighted by atomic mass is 127. The maximum atomic E-state index is 5.91. The Morgan fingerprint density at radius 2 is 1.33 bits per heavy atom. The maximum absolute atomic E-state index is 5.91. The average molecular weight is 511 g/mol. The fourth-order valence-corrected chi connectivity index (χ4v) is 3.96. The van der Waals surface area contributed by atoms with E-state index < -0.39 is 0 Å². The Balaban J connectivity index is 2.08. The van der Waals surface area contributed by atoms with E-state index in [0.717, 1.165) is 16.7 Å². The summed E-state index contributed by atoms with van der Waals surface area (Å²) >= 11 is 2.50. The predicted octanol–water partition coefficient (Wildman–Crippen LogP) is 6.66. The molecule has 1 atom stereocenters. The van der Waals surface area contributed by atoms with Gasteiger partial charge in [0.15, 0.2) is 0 Å². The number of allylic oxidation sites excluding steroid dienone is 1. The van der Waals surface area contributed by atoms with Gasteiger partial charge in [-0.3, -0.25) is 0 Å². The molecular weight excluding hydrogens is 481 g/mol. The smallest absolute Gasteiger partial charge is 0.119 e. The van der Waals surface area contributed by atoms with E-state index >= 15 is 0 Å². The van der Waals surface area contributed by atoms with Crippen LogP contribution in [0.25, 0.3) is 11.1 Å². The van der Waals surface area contributed by atoms with Crippen LogP contribution in [0.4, 0.5) is 0 Å². The summed E-state index contributed by atoms with van der Waals surface area (Å²) in [7, 11) is 4.12. The minimum atomic E-state index is 0.430. The molecule has 156 valence electrons. The average Bonchev–Trinajstić information content (AvgIpc) is 2.78. The molecule has 0 bridgehead atoms. The lowest BCUT2D eigenvalue weighted by Crippen LogP contribution is -2.19. The summed E-state index contributed by atoms with van der Waals surface area (Å²) in [4.78, 5) is 2.13. The van der Waals surface area contributed by atoms with Gasteiger partial charge in [0.05, 0.1) is 0 Å². The van der Waals surface area contributed by atoms with Gasteiger partial charge in [0.1, 0.15) is 12.4 Å². The number of alkyl halides is 1. The second-order valence-electron chi connectivity index (χ2n) is 7.75. The standard InChI is InChI=1S/C27H30INO/c1-21(20-28)26(22-10-6-4-7-11-22)27(23-12-8-5-9-13-23)24-14-16-25(17-15-24)30-19-18-29(2)3/h4-17,21H,18-20H2,1-3H3/b27-26-. The van der Waals surface area contributed by atoms with Crippen LogP contribution >= 0.6 is 22.6 Å². The molecule has 0 aliphatic heterocycles. The van der Waals surface area contributed by atoms with Crippen LogP contribution in [0.2, 0.25) is 0 Å². The van der Waals surface area contributed by atoms with Crippen molar-refractivity contribution in [2.24, 2.45) is 5.92 Å². The van der Waals surface area contributed by atoms with Crippen molar-refractivity contribution in [3.8, 4) is 5.75 Å². The van der Waals surface area contributed by atoms with E-state index in [1.165, 1.54) is 27.8 Å². The van der Waals surface area contributed by atoms with Crippen molar-refractivity contribution in [3.63, 3.8) is 0 Å². The van der Waals surface area contributed by atoms with Crippen molar-refractivity contribution >= 4 is 33.7 Å². The van der Waals surface area contributed by atoms with Gasteiger partial charge in [0, 0.05) is 11.0 Å². The highest BCUT2D eigenvalue weighted by Gasteiger charge is 2.18. The van der Waals surface area contributed by atoms with Gasteiger partial charge in [0.2, 0.25) is 0 Å². The first-order valence-corrected chi connectivity index (χ1v) is 11.9. The Morgan fingerprint density at radius 1 is 0.800 bits per heavy atom. The van der Waals surface area contributed by atoms with Crippen LogP contribution in [0.15, 0.2) is 84.9 Å². The topological polar surface area (TPSA) is 12.5 Å². The molecule has 0 aliphatic carbocycles. The Kier molecular flexibility index (Phi) is 8.52. The first-order chi connectivity index (χ1) is 14.6. The molecule has 0 fully saturated rings. The van der Waals surface area contributed by atoms with Gasteiger partial charge < -0.3 is 9.64 Å². The van der Waals surface area contributed by atoms with E-state index in [-0.39, 0.29) is 0 Å². The van der Waals surface area contributed by atoms with E-state index in [2.05, 4.69) is 133 Å². The molecule has 3 rings (SSSR count). The zero-order chi connectivity index (χ0) is 21.3. The quantitative estimate of drug-likeness (QED) is 0.181. The third-order valence-corrected chi connectivity index (χ3v) is 6.41. The lowest BCUT2D eigenvalue weighted by Gasteiger charge is -2.22. The summed E-state index contributed by atoms with van der Waals surface area (Å²) in [6.07, 6.45) is 0. The zero-order valence-corrected chi connectivity index (χ0v) is 20.2. The van der Waals surface area contributed by atoms with Gasteiger partial charge in [-0.1, -0.05) is 102 Å². The summed E-state index contributed by atoms with van der Waals surface area (Å²) in [6, 6.07) is 30.1. The van der Waals surface area contributed by atoms with Gasteiger partial charge in [-0.2, -0.15) is 0 Å². The fraction of sp³-hybridized carbons (Fsp3) is 0.259. The van der Waals surface area contributed by atoms with E-state index in [1.807, 2.05) is 0 Å². The molecule has 0 amide bonds. The van der Waals surface area contributed by atoms with Crippen molar-refractivity contribution in [2.45, 2.75) is 6.92 Å². The number of likely N-dealkylation sites (N-methyl/N-ethyl adjacent to an activating group) is 1. The monoisotopic (exact) mass is 511 g/mol. The third kappa shape index (κ3) is 5.96. The molecule has 0 heterocycles. The summed E-state index contributed by atoms with van der Waals surface area (Å²) in [5, 5.41) is 0. The zero-order valence-electron chi connectivity index (χ0n) is 18.0. The SMILES string of the molecule is CC(CI)/C(=C(\c1ccccc1)c1ccc(OCCN(C)C)cc1)c1ccccc1. The van der Waals surface area contributed by atoms with Gasteiger partial charge in [-0.05, 0) is 60.0 Å². The minimum Gasteiger partial charge on any atom is -0.492 e. The lowest BCUT2D eigenvalue weighted by atomic mass is 9.84. The first-order valence-electron chi connectivity index (χ1n) is 10.4. The second kappa shape index (κ2) is 11.3. The van der Waals surface area contributed by atoms with Crippen LogP contribution in [0.1, 0.15) is 23.6 Å². The van der Waals surface area contributed by atoms with Crippen LogP contribution in [0, 0.1) is 5.92 Å². The molecule has 3 heteroatoms. The molecule has 1 unspecified atom stereocenters. The summed E-state index contributed by atoms with van der Waals surface area (Å²) in [6.45, 7) is 3.91. The summed E-state index contributed by atoms with van der Waals surface area (Å²) in [5.41, 5.74) is 6.43. The Morgan fingerprint density at radius 3 is 1.87 bits per heavy atom. The molecule has 0 aromatic heterocycles. The molecular formula is C27H30INO. The van der Waals surface area contributed by atoms with Gasteiger partial charge >= 0.3 is 0 Å². The number of nitrogens with zero attached hydrogens (tertiary/aromatic N) is 1. The minimum absolute atomic E-state index is 0.430. The van der Waals surface area contributed by atoms with Crippen LogP contribution < -0.4 is 4.74 Å². The molecule has 0 aliphatic rings. The van der Waals surface area contributed by atoms with Crippen molar-refractivity contribution in [1.29, 1.82) is 0 Å². The maximum Gasteiger partial charge on any atom is 0.119 e. The summed E-state index contributed by atoms with van der Waals surface area (Å²) < 4.78 is 6.97. The highest BCUT2D eigenvalue weighted by Crippen LogP contribution is 2.38. The number of ether oxygens (including phenoxy) is 1. The van der Waals surface area contributed by atoms with Crippen LogP contribution in [-0.2, 0) is 0 Å². The van der Waals surface area contributed by atoms with E-state index in [1.54, 1.807) is 0 Å². The molecule has 0 N–H and O–H groups in total. The fourth-order valence-electron chi connectivity index (χ4n) is 3.52. The van der Waals surface area contributed by atoms with E-state index in [0.29, 0.717) is 12.5 Å². The van der Waals surface area contributed by atoms with Crippen molar-refractivity contribution in [1.82, 2.24) is 4.90 Å². The Labute approximate surface area is 194 Å². The van der Waals surface area contributed by atoms with E-state index in [4.69, 9.17) is 4.74 Å². The molecule has 3 aromatic carbocycles. The van der Waals surface area contributed by atoms with Gasteiger partial charge in [0.25, 0.3) is 0 Å². The largest absolute Gasteiger partial charge is 0.492 e. The van der Waals surface area contributed by atoms with Gasteiger partial charge in [-0.25, -0.2) is 0 Å². The normalized spacial score (nSPS) is 13.1. The predicted molar refractivity (Wildman–Crippen MR) is 137 cm³/mol. The number of rotatable bonds is 9.